The lowest BCUT2D eigenvalue weighted by atomic mass is 9.84. The molecule has 23 heavy (non-hydrogen) atoms. The summed E-state index contributed by atoms with van der Waals surface area (Å²) in [5, 5.41) is 6.25. The highest BCUT2D eigenvalue weighted by atomic mass is 32.2. The average Bonchev–Trinajstić information content (AvgIpc) is 2.66. The molecule has 0 aliphatic carbocycles. The van der Waals surface area contributed by atoms with Crippen molar-refractivity contribution in [3.05, 3.63) is 0 Å². The van der Waals surface area contributed by atoms with Crippen LogP contribution in [0.25, 0.3) is 0 Å². The number of rotatable bonds is 4. The normalized spacial score (nSPS) is 31.2. The molecule has 0 bridgehead atoms. The lowest BCUT2D eigenvalue weighted by Crippen LogP contribution is -2.57. The van der Waals surface area contributed by atoms with Gasteiger partial charge in [-0.25, -0.2) is 0 Å². The summed E-state index contributed by atoms with van der Waals surface area (Å²) in [6.45, 7) is 5.95. The lowest BCUT2D eigenvalue weighted by molar-refractivity contribution is -0.141. The van der Waals surface area contributed by atoms with Crippen molar-refractivity contribution in [2.24, 2.45) is 11.1 Å². The number of fused-ring (bicyclic) bond motifs is 1. The molecular weight excluding hydrogens is 332 g/mol. The zero-order valence-corrected chi connectivity index (χ0v) is 15.7. The molecule has 2 fully saturated rings. The lowest BCUT2D eigenvalue weighted by Gasteiger charge is -2.33. The molecule has 0 radical (unpaired) electrons. The highest BCUT2D eigenvalue weighted by Crippen LogP contribution is 2.45. The van der Waals surface area contributed by atoms with Gasteiger partial charge in [0.1, 0.15) is 12.1 Å². The van der Waals surface area contributed by atoms with Gasteiger partial charge in [0.15, 0.2) is 0 Å². The van der Waals surface area contributed by atoms with Crippen molar-refractivity contribution in [3.63, 3.8) is 0 Å². The number of primary amides is 1. The van der Waals surface area contributed by atoms with Gasteiger partial charge in [0, 0.05) is 0 Å². The third-order valence-corrected chi connectivity index (χ3v) is 6.43. The third kappa shape index (κ3) is 3.64. The van der Waals surface area contributed by atoms with Gasteiger partial charge in [-0.15, -0.1) is 11.8 Å². The van der Waals surface area contributed by atoms with E-state index in [4.69, 9.17) is 18.0 Å². The largest absolute Gasteiger partial charge is 0.368 e. The van der Waals surface area contributed by atoms with Crippen LogP contribution in [-0.2, 0) is 9.59 Å². The van der Waals surface area contributed by atoms with E-state index in [1.54, 1.807) is 16.7 Å². The first-order chi connectivity index (χ1) is 10.7. The smallest absolute Gasteiger partial charge is 0.246 e. The Morgan fingerprint density at radius 3 is 2.74 bits per heavy atom. The van der Waals surface area contributed by atoms with Gasteiger partial charge in [-0.3, -0.25) is 9.59 Å². The van der Waals surface area contributed by atoms with Crippen LogP contribution in [0, 0.1) is 5.41 Å². The predicted molar refractivity (Wildman–Crippen MR) is 97.1 cm³/mol. The number of amides is 2. The van der Waals surface area contributed by atoms with E-state index in [9.17, 15) is 9.59 Å². The molecule has 130 valence electrons. The number of nitrogens with one attached hydrogen (secondary N) is 2. The van der Waals surface area contributed by atoms with E-state index in [-0.39, 0.29) is 22.7 Å². The first-order valence-corrected chi connectivity index (χ1v) is 9.35. The average molecular weight is 359 g/mol. The van der Waals surface area contributed by atoms with Crippen LogP contribution in [0.5, 0.6) is 0 Å². The van der Waals surface area contributed by atoms with Crippen LogP contribution in [0.2, 0.25) is 0 Å². The zero-order valence-electron chi connectivity index (χ0n) is 14.1. The van der Waals surface area contributed by atoms with Crippen molar-refractivity contribution >= 4 is 40.8 Å². The molecule has 0 aromatic carbocycles. The van der Waals surface area contributed by atoms with Crippen LogP contribution in [-0.4, -0.2) is 58.0 Å². The highest BCUT2D eigenvalue weighted by molar-refractivity contribution is 7.99. The summed E-state index contributed by atoms with van der Waals surface area (Å²) in [5.74, 6) is 0.348. The molecule has 0 saturated carbocycles. The predicted octanol–water partition coefficient (Wildman–Crippen LogP) is 0.455. The molecule has 4 atom stereocenters. The molecule has 2 rings (SSSR count). The van der Waals surface area contributed by atoms with Gasteiger partial charge >= 0.3 is 0 Å². The first-order valence-electron chi connectivity index (χ1n) is 7.89. The number of thiocarbonyl (C=S) groups is 1. The van der Waals surface area contributed by atoms with Crippen LogP contribution in [0.1, 0.15) is 33.6 Å². The Labute approximate surface area is 147 Å². The fourth-order valence-electron chi connectivity index (χ4n) is 3.32. The van der Waals surface area contributed by atoms with Crippen molar-refractivity contribution in [1.82, 2.24) is 15.5 Å². The Hall–Kier alpha value is -0.860. The Bertz CT molecular complexity index is 512. The van der Waals surface area contributed by atoms with E-state index < -0.39 is 18.0 Å². The van der Waals surface area contributed by atoms with E-state index in [2.05, 4.69) is 10.6 Å². The van der Waals surface area contributed by atoms with E-state index >= 15 is 0 Å². The number of hydrogen-bond acceptors (Lipinski definition) is 5. The van der Waals surface area contributed by atoms with Gasteiger partial charge in [-0.1, -0.05) is 26.1 Å². The Kier molecular flexibility index (Phi) is 5.58. The van der Waals surface area contributed by atoms with Crippen LogP contribution in [0.15, 0.2) is 0 Å². The van der Waals surface area contributed by atoms with Crippen LogP contribution in [0.3, 0.4) is 0 Å². The Morgan fingerprint density at radius 2 is 2.17 bits per heavy atom. The molecule has 1 unspecified atom stereocenters. The minimum atomic E-state index is -0.565. The van der Waals surface area contributed by atoms with Crippen molar-refractivity contribution in [1.29, 1.82) is 0 Å². The van der Waals surface area contributed by atoms with Gasteiger partial charge < -0.3 is 21.3 Å². The molecule has 0 aromatic rings. The van der Waals surface area contributed by atoms with E-state index in [1.807, 2.05) is 27.8 Å². The van der Waals surface area contributed by atoms with Gasteiger partial charge in [0.05, 0.1) is 16.4 Å². The SMILES string of the molecule is CN[C@@H](C)C(=S)N[C@H]1CCSC2CC(C)(C)[C@@H](C(N)=O)N2C1=O. The molecule has 0 spiro atoms. The van der Waals surface area contributed by atoms with Crippen LogP contribution >= 0.6 is 24.0 Å². The van der Waals surface area contributed by atoms with E-state index in [0.717, 1.165) is 12.2 Å². The number of carbonyl (C=O) groups is 2. The molecule has 8 heteroatoms. The minimum absolute atomic E-state index is 0.00791. The number of carbonyl (C=O) groups excluding carboxylic acids is 2. The van der Waals surface area contributed by atoms with E-state index in [0.29, 0.717) is 11.4 Å². The number of hydrogen-bond donors (Lipinski definition) is 3. The fraction of sp³-hybridized carbons (Fsp3) is 0.800. The maximum Gasteiger partial charge on any atom is 0.246 e. The second-order valence-corrected chi connectivity index (χ2v) is 8.65. The zero-order chi connectivity index (χ0) is 17.4. The molecule has 6 nitrogen and oxygen atoms in total. The summed E-state index contributed by atoms with van der Waals surface area (Å²) >= 11 is 7.08. The summed E-state index contributed by atoms with van der Waals surface area (Å²) in [7, 11) is 1.82. The first kappa shape index (κ1) is 18.5. The third-order valence-electron chi connectivity index (χ3n) is 4.71. The number of nitrogens with zero attached hydrogens (tertiary/aromatic N) is 1. The van der Waals surface area contributed by atoms with Gasteiger partial charge in [-0.05, 0) is 38.0 Å². The molecule has 2 aliphatic rings. The molecule has 0 aromatic heterocycles. The monoisotopic (exact) mass is 358 g/mol. The molecule has 2 aliphatic heterocycles. The maximum atomic E-state index is 13.0. The molecule has 2 saturated heterocycles. The minimum Gasteiger partial charge on any atom is -0.368 e. The highest BCUT2D eigenvalue weighted by Gasteiger charge is 2.53. The van der Waals surface area contributed by atoms with Gasteiger partial charge in [-0.2, -0.15) is 0 Å². The van der Waals surface area contributed by atoms with E-state index in [1.165, 1.54) is 0 Å². The second-order valence-electron chi connectivity index (χ2n) is 6.93. The fourth-order valence-corrected chi connectivity index (χ4v) is 5.16. The van der Waals surface area contributed by atoms with Crippen molar-refractivity contribution in [2.75, 3.05) is 12.8 Å². The quantitative estimate of drug-likeness (QED) is 0.633. The summed E-state index contributed by atoms with van der Waals surface area (Å²) < 4.78 is 0. The number of likely N-dealkylation sites (N-methyl/N-ethyl adjacent to an activating group) is 1. The summed E-state index contributed by atoms with van der Waals surface area (Å²) in [6, 6.07) is -0.969. The molecule has 4 N–H and O–H groups in total. The van der Waals surface area contributed by atoms with Crippen molar-refractivity contribution in [3.8, 4) is 0 Å². The van der Waals surface area contributed by atoms with Crippen LogP contribution < -0.4 is 16.4 Å². The standard InChI is InChI=1S/C15H26N4O2S2/c1-8(17-4)13(22)18-9-5-6-23-10-7-15(2,3)11(12(16)20)19(10)14(9)21/h8-11,17H,5-7H2,1-4H3,(H2,16,20)(H,18,22)/t8-,9-,10?,11+/m0/s1. The molecular formula is C15H26N4O2S2. The molecule has 2 amide bonds. The summed E-state index contributed by atoms with van der Waals surface area (Å²) in [4.78, 5) is 27.3. The van der Waals surface area contributed by atoms with Crippen LogP contribution in [0.4, 0.5) is 0 Å². The van der Waals surface area contributed by atoms with Crippen molar-refractivity contribution in [2.45, 2.75) is 57.1 Å². The second kappa shape index (κ2) is 6.94. The van der Waals surface area contributed by atoms with Crippen molar-refractivity contribution < 1.29 is 9.59 Å². The maximum absolute atomic E-state index is 13.0. The van der Waals surface area contributed by atoms with Gasteiger partial charge in [0.2, 0.25) is 11.8 Å². The molecule has 2 heterocycles. The summed E-state index contributed by atoms with van der Waals surface area (Å²) in [5.41, 5.74) is 5.31. The Balaban J connectivity index is 2.23. The number of nitrogens with two attached hydrogens (primary N) is 1. The summed E-state index contributed by atoms with van der Waals surface area (Å²) in [6.07, 6.45) is 1.47. The Morgan fingerprint density at radius 1 is 1.52 bits per heavy atom. The van der Waals surface area contributed by atoms with Gasteiger partial charge in [0.25, 0.3) is 0 Å². The number of thioether (sulfide) groups is 1. The topological polar surface area (TPSA) is 87.5 Å².